The van der Waals surface area contributed by atoms with Crippen molar-refractivity contribution in [2.24, 2.45) is 0 Å². The third-order valence-corrected chi connectivity index (χ3v) is 3.78. The smallest absolute Gasteiger partial charge is 0.356 e. The number of aromatic nitrogens is 4. The van der Waals surface area contributed by atoms with Crippen LogP contribution in [-0.4, -0.2) is 51.8 Å². The molecule has 0 saturated carbocycles. The van der Waals surface area contributed by atoms with Crippen LogP contribution in [0.5, 0.6) is 0 Å². The molecular formula is C14H16N6O4. The highest BCUT2D eigenvalue weighted by Gasteiger charge is 2.36. The van der Waals surface area contributed by atoms with Crippen LogP contribution >= 0.6 is 0 Å². The highest BCUT2D eigenvalue weighted by Crippen LogP contribution is 2.39. The summed E-state index contributed by atoms with van der Waals surface area (Å²) in [5.74, 6) is -1.48. The van der Waals surface area contributed by atoms with Gasteiger partial charge in [-0.1, -0.05) is 0 Å². The minimum atomic E-state index is -0.567. The van der Waals surface area contributed by atoms with Crippen LogP contribution in [0, 0.1) is 0 Å². The molecule has 24 heavy (non-hydrogen) atoms. The second-order valence-electron chi connectivity index (χ2n) is 5.17. The minimum absolute atomic E-state index is 0.0580. The Kier molecular flexibility index (Phi) is 4.02. The minimum Gasteiger partial charge on any atom is -0.461 e. The van der Waals surface area contributed by atoms with Gasteiger partial charge in [-0.2, -0.15) is 10.2 Å². The van der Waals surface area contributed by atoms with Gasteiger partial charge in [0.15, 0.2) is 5.82 Å². The number of hydrogen-bond donors (Lipinski definition) is 4. The number of carbonyl (C=O) groups is 3. The fourth-order valence-electron chi connectivity index (χ4n) is 2.75. The second-order valence-corrected chi connectivity index (χ2v) is 5.17. The average molecular weight is 332 g/mol. The molecule has 1 aliphatic rings. The summed E-state index contributed by atoms with van der Waals surface area (Å²) in [5.41, 5.74) is 1.39. The van der Waals surface area contributed by atoms with Crippen LogP contribution in [0.1, 0.15) is 51.4 Å². The number of rotatable bonds is 4. The molecule has 3 heterocycles. The van der Waals surface area contributed by atoms with Gasteiger partial charge in [0.1, 0.15) is 11.4 Å². The predicted molar refractivity (Wildman–Crippen MR) is 81.6 cm³/mol. The van der Waals surface area contributed by atoms with Crippen LogP contribution in [-0.2, 0) is 9.53 Å². The number of amides is 2. The van der Waals surface area contributed by atoms with Crippen LogP contribution in [0.4, 0.5) is 5.82 Å². The third-order valence-electron chi connectivity index (χ3n) is 3.78. The second kappa shape index (κ2) is 6.14. The quantitative estimate of drug-likeness (QED) is 0.587. The Labute approximate surface area is 136 Å². The zero-order chi connectivity index (χ0) is 17.3. The number of aromatic amines is 2. The number of H-pyrrole nitrogens is 2. The number of nitrogens with zero attached hydrogens (tertiary/aromatic N) is 2. The highest BCUT2D eigenvalue weighted by atomic mass is 16.5. The SMILES string of the molecule is CCOC(=O)c1[nH]ncc1C1CC(=O)Nc2n[nH]c(C(=O)NC)c21. The maximum absolute atomic E-state index is 12.1. The Morgan fingerprint density at radius 2 is 2.17 bits per heavy atom. The molecule has 10 nitrogen and oxygen atoms in total. The number of fused-ring (bicyclic) bond motifs is 1. The standard InChI is InChI=1S/C14H16N6O4/c1-3-24-14(23)10-7(5-16-18-10)6-4-8(21)17-12-9(6)11(19-20-12)13(22)15-2/h5-6H,3-4H2,1-2H3,(H,15,22)(H,16,18)(H2,17,19,20,21). The molecule has 2 aromatic rings. The van der Waals surface area contributed by atoms with Crippen LogP contribution in [0.3, 0.4) is 0 Å². The van der Waals surface area contributed by atoms with Crippen molar-refractivity contribution < 1.29 is 19.1 Å². The molecule has 1 aliphatic heterocycles. The van der Waals surface area contributed by atoms with E-state index in [4.69, 9.17) is 4.74 Å². The molecule has 0 saturated heterocycles. The van der Waals surface area contributed by atoms with E-state index in [9.17, 15) is 14.4 Å². The number of esters is 1. The molecule has 2 amide bonds. The molecule has 0 bridgehead atoms. The number of ether oxygens (including phenoxy) is 1. The van der Waals surface area contributed by atoms with E-state index in [-0.39, 0.29) is 42.0 Å². The Balaban J connectivity index is 2.09. The van der Waals surface area contributed by atoms with Gasteiger partial charge in [-0.15, -0.1) is 0 Å². The van der Waals surface area contributed by atoms with Gasteiger partial charge in [0.25, 0.3) is 5.91 Å². The fourth-order valence-corrected chi connectivity index (χ4v) is 2.75. The van der Waals surface area contributed by atoms with Gasteiger partial charge in [0.05, 0.1) is 12.8 Å². The van der Waals surface area contributed by atoms with E-state index in [0.29, 0.717) is 11.1 Å². The Bertz CT molecular complexity index is 808. The van der Waals surface area contributed by atoms with Crippen molar-refractivity contribution in [3.05, 3.63) is 28.7 Å². The summed E-state index contributed by atoms with van der Waals surface area (Å²) in [6.07, 6.45) is 1.52. The molecule has 1 unspecified atom stereocenters. The predicted octanol–water partition coefficient (Wildman–Crippen LogP) is 0.143. The van der Waals surface area contributed by atoms with E-state index < -0.39 is 11.9 Å². The zero-order valence-corrected chi connectivity index (χ0v) is 13.1. The number of nitrogens with one attached hydrogen (secondary N) is 4. The van der Waals surface area contributed by atoms with Crippen LogP contribution in [0.15, 0.2) is 6.20 Å². The van der Waals surface area contributed by atoms with Crippen molar-refractivity contribution in [1.29, 1.82) is 0 Å². The van der Waals surface area contributed by atoms with E-state index in [0.717, 1.165) is 0 Å². The number of carbonyl (C=O) groups excluding carboxylic acids is 3. The van der Waals surface area contributed by atoms with Gasteiger partial charge in [0, 0.05) is 30.5 Å². The summed E-state index contributed by atoms with van der Waals surface area (Å²) in [4.78, 5) is 36.1. The molecule has 0 fully saturated rings. The van der Waals surface area contributed by atoms with Crippen molar-refractivity contribution in [3.63, 3.8) is 0 Å². The monoisotopic (exact) mass is 332 g/mol. The largest absolute Gasteiger partial charge is 0.461 e. The summed E-state index contributed by atoms with van der Waals surface area (Å²) in [6, 6.07) is 0. The third kappa shape index (κ3) is 2.51. The maximum atomic E-state index is 12.1. The fraction of sp³-hybridized carbons (Fsp3) is 0.357. The van der Waals surface area contributed by atoms with Crippen LogP contribution < -0.4 is 10.6 Å². The Hall–Kier alpha value is -3.17. The van der Waals surface area contributed by atoms with Crippen molar-refractivity contribution in [3.8, 4) is 0 Å². The van der Waals surface area contributed by atoms with E-state index in [1.165, 1.54) is 13.2 Å². The number of anilines is 1. The van der Waals surface area contributed by atoms with Gasteiger partial charge >= 0.3 is 5.97 Å². The molecule has 0 aromatic carbocycles. The molecule has 0 spiro atoms. The van der Waals surface area contributed by atoms with Gasteiger partial charge in [-0.25, -0.2) is 4.79 Å². The lowest BCUT2D eigenvalue weighted by Gasteiger charge is -2.22. The highest BCUT2D eigenvalue weighted by molar-refractivity contribution is 6.01. The van der Waals surface area contributed by atoms with E-state index in [1.807, 2.05) is 0 Å². The van der Waals surface area contributed by atoms with Crippen LogP contribution in [0.2, 0.25) is 0 Å². The molecule has 2 aromatic heterocycles. The van der Waals surface area contributed by atoms with Gasteiger partial charge in [-0.05, 0) is 6.92 Å². The lowest BCUT2D eigenvalue weighted by Crippen LogP contribution is -2.27. The molecule has 0 radical (unpaired) electrons. The average Bonchev–Trinajstić information content (AvgIpc) is 3.20. The van der Waals surface area contributed by atoms with Gasteiger partial charge < -0.3 is 15.4 Å². The lowest BCUT2D eigenvalue weighted by atomic mass is 9.85. The van der Waals surface area contributed by atoms with Gasteiger partial charge in [0.2, 0.25) is 5.91 Å². The molecular weight excluding hydrogens is 316 g/mol. The summed E-state index contributed by atoms with van der Waals surface area (Å²) in [6.45, 7) is 1.91. The maximum Gasteiger partial charge on any atom is 0.356 e. The molecule has 4 N–H and O–H groups in total. The van der Waals surface area contributed by atoms with E-state index >= 15 is 0 Å². The molecule has 10 heteroatoms. The summed E-state index contributed by atoms with van der Waals surface area (Å²) in [7, 11) is 1.49. The van der Waals surface area contributed by atoms with Crippen molar-refractivity contribution >= 4 is 23.6 Å². The number of hydrogen-bond acceptors (Lipinski definition) is 6. The van der Waals surface area contributed by atoms with Crippen molar-refractivity contribution in [2.75, 3.05) is 19.0 Å². The Morgan fingerprint density at radius 1 is 1.38 bits per heavy atom. The molecule has 1 atom stereocenters. The molecule has 0 aliphatic carbocycles. The van der Waals surface area contributed by atoms with Crippen molar-refractivity contribution in [1.82, 2.24) is 25.7 Å². The summed E-state index contributed by atoms with van der Waals surface area (Å²) in [5, 5.41) is 18.2. The molecule has 3 rings (SSSR count). The first kappa shape index (κ1) is 15.7. The van der Waals surface area contributed by atoms with Gasteiger partial charge in [-0.3, -0.25) is 19.8 Å². The first-order valence-electron chi connectivity index (χ1n) is 7.37. The molecule has 126 valence electrons. The van der Waals surface area contributed by atoms with Crippen LogP contribution in [0.25, 0.3) is 0 Å². The lowest BCUT2D eigenvalue weighted by molar-refractivity contribution is -0.116. The van der Waals surface area contributed by atoms with Crippen molar-refractivity contribution in [2.45, 2.75) is 19.3 Å². The summed E-state index contributed by atoms with van der Waals surface area (Å²) < 4.78 is 5.00. The Morgan fingerprint density at radius 3 is 2.88 bits per heavy atom. The summed E-state index contributed by atoms with van der Waals surface area (Å²) >= 11 is 0. The normalized spacial score (nSPS) is 16.2. The first-order chi connectivity index (χ1) is 11.6. The zero-order valence-electron chi connectivity index (χ0n) is 13.1. The first-order valence-corrected chi connectivity index (χ1v) is 7.37. The van der Waals surface area contributed by atoms with E-state index in [1.54, 1.807) is 6.92 Å². The topological polar surface area (TPSA) is 142 Å². The van der Waals surface area contributed by atoms with E-state index in [2.05, 4.69) is 31.0 Å².